The molecule has 0 spiro atoms. The van der Waals surface area contributed by atoms with Crippen LogP contribution in [0.4, 0.5) is 0 Å². The van der Waals surface area contributed by atoms with E-state index in [4.69, 9.17) is 11.6 Å². The van der Waals surface area contributed by atoms with Crippen molar-refractivity contribution in [3.63, 3.8) is 0 Å². The number of likely N-dealkylation sites (tertiary alicyclic amines) is 1. The lowest BCUT2D eigenvalue weighted by Crippen LogP contribution is -2.33. The maximum atomic E-state index is 6.35. The number of nitrogens with zero attached hydrogens (tertiary/aromatic N) is 1. The average Bonchev–Trinajstić information content (AvgIpc) is 2.90. The zero-order valence-corrected chi connectivity index (χ0v) is 14.3. The summed E-state index contributed by atoms with van der Waals surface area (Å²) in [6, 6.07) is 4.44. The van der Waals surface area contributed by atoms with Crippen molar-refractivity contribution in [1.82, 2.24) is 9.62 Å². The summed E-state index contributed by atoms with van der Waals surface area (Å²) in [6.45, 7) is 10.7. The minimum absolute atomic E-state index is 0.833. The van der Waals surface area contributed by atoms with E-state index in [1.807, 2.05) is 13.8 Å². The third kappa shape index (κ3) is 3.91. The van der Waals surface area contributed by atoms with Crippen molar-refractivity contribution in [3.8, 4) is 0 Å². The van der Waals surface area contributed by atoms with E-state index in [1.54, 1.807) is 11.9 Å². The van der Waals surface area contributed by atoms with E-state index in [2.05, 4.69) is 28.7 Å². The van der Waals surface area contributed by atoms with Crippen LogP contribution in [0.3, 0.4) is 0 Å². The van der Waals surface area contributed by atoms with E-state index in [0.717, 1.165) is 24.0 Å². The van der Waals surface area contributed by atoms with Gasteiger partial charge in [0, 0.05) is 35.1 Å². The summed E-state index contributed by atoms with van der Waals surface area (Å²) in [5.41, 5.74) is 2.61. The third-order valence-corrected chi connectivity index (χ3v) is 5.00. The fraction of sp³-hybridized carbons (Fsp3) is 0.625. The fourth-order valence-electron chi connectivity index (χ4n) is 2.89. The average molecular weight is 313 g/mol. The first kappa shape index (κ1) is 16.2. The van der Waals surface area contributed by atoms with Crippen molar-refractivity contribution in [2.45, 2.75) is 51.6 Å². The number of benzene rings is 1. The van der Waals surface area contributed by atoms with Crippen LogP contribution in [-0.2, 0) is 13.1 Å². The molecule has 3 rings (SSSR count). The Morgan fingerprint density at radius 3 is 2.95 bits per heavy atom. The normalized spacial score (nSPS) is 22.1. The molecule has 2 heterocycles. The lowest BCUT2D eigenvalue weighted by atomic mass is 9.99. The Hall–Kier alpha value is -0.220. The van der Waals surface area contributed by atoms with E-state index in [0.29, 0.717) is 0 Å². The first-order valence-corrected chi connectivity index (χ1v) is 8.85. The Kier molecular flexibility index (Phi) is 6.21. The Morgan fingerprint density at radius 2 is 2.20 bits per heavy atom. The molecule has 112 valence electrons. The molecule has 0 radical (unpaired) electrons. The SMILES string of the molecule is CC.CC1CCCN(Cc2cc(Cl)c3c(c2)SNC3)C1. The van der Waals surface area contributed by atoms with Gasteiger partial charge in [-0.05, 0) is 54.9 Å². The lowest BCUT2D eigenvalue weighted by Gasteiger charge is -2.31. The number of fused-ring (bicyclic) bond motifs is 1. The molecular weight excluding hydrogens is 288 g/mol. The molecule has 1 unspecified atom stereocenters. The highest BCUT2D eigenvalue weighted by Crippen LogP contribution is 2.34. The van der Waals surface area contributed by atoms with Gasteiger partial charge in [-0.15, -0.1) is 0 Å². The number of rotatable bonds is 2. The molecule has 0 aromatic heterocycles. The molecular formula is C16H25ClN2S. The molecule has 0 aliphatic carbocycles. The van der Waals surface area contributed by atoms with E-state index in [1.165, 1.54) is 42.0 Å². The van der Waals surface area contributed by atoms with E-state index in [9.17, 15) is 0 Å². The quantitative estimate of drug-likeness (QED) is 0.796. The molecule has 0 bridgehead atoms. The number of halogens is 1. The zero-order chi connectivity index (χ0) is 14.5. The summed E-state index contributed by atoms with van der Waals surface area (Å²) >= 11 is 8.06. The van der Waals surface area contributed by atoms with E-state index >= 15 is 0 Å². The van der Waals surface area contributed by atoms with Crippen molar-refractivity contribution >= 4 is 23.5 Å². The van der Waals surface area contributed by atoms with Crippen molar-refractivity contribution < 1.29 is 0 Å². The molecule has 2 aliphatic heterocycles. The van der Waals surface area contributed by atoms with Crippen molar-refractivity contribution in [2.24, 2.45) is 5.92 Å². The number of hydrogen-bond acceptors (Lipinski definition) is 3. The van der Waals surface area contributed by atoms with Gasteiger partial charge < -0.3 is 0 Å². The lowest BCUT2D eigenvalue weighted by molar-refractivity contribution is 0.176. The topological polar surface area (TPSA) is 15.3 Å². The Morgan fingerprint density at radius 1 is 1.40 bits per heavy atom. The number of nitrogens with one attached hydrogen (secondary N) is 1. The number of hydrogen-bond donors (Lipinski definition) is 1. The highest BCUT2D eigenvalue weighted by atomic mass is 35.5. The standard InChI is InChI=1S/C14H19ClN2S.C2H6/c1-10-3-2-4-17(8-10)9-11-5-13(15)12-7-16-18-14(12)6-11;1-2/h5-6,10,16H,2-4,7-9H2,1H3;1-2H3. The summed E-state index contributed by atoms with van der Waals surface area (Å²) in [6.07, 6.45) is 2.71. The molecule has 2 aliphatic rings. The molecule has 1 aromatic rings. The van der Waals surface area contributed by atoms with Crippen LogP contribution in [0.25, 0.3) is 0 Å². The Bertz CT molecular complexity index is 450. The van der Waals surface area contributed by atoms with Crippen LogP contribution in [0.2, 0.25) is 5.02 Å². The maximum Gasteiger partial charge on any atom is 0.0466 e. The second-order valence-corrected chi connectivity index (χ2v) is 6.80. The van der Waals surface area contributed by atoms with Crippen molar-refractivity contribution in [1.29, 1.82) is 0 Å². The molecule has 2 nitrogen and oxygen atoms in total. The molecule has 1 atom stereocenters. The van der Waals surface area contributed by atoms with Gasteiger partial charge in [0.15, 0.2) is 0 Å². The van der Waals surface area contributed by atoms with Crippen LogP contribution >= 0.6 is 23.5 Å². The summed E-state index contributed by atoms with van der Waals surface area (Å²) in [7, 11) is 0. The first-order chi connectivity index (χ1) is 9.72. The van der Waals surface area contributed by atoms with Gasteiger partial charge in [0.25, 0.3) is 0 Å². The highest BCUT2D eigenvalue weighted by molar-refractivity contribution is 7.97. The van der Waals surface area contributed by atoms with Crippen LogP contribution in [0.1, 0.15) is 44.7 Å². The second kappa shape index (κ2) is 7.69. The van der Waals surface area contributed by atoms with Gasteiger partial charge in [0.05, 0.1) is 0 Å². The van der Waals surface area contributed by atoms with Crippen molar-refractivity contribution in [3.05, 3.63) is 28.3 Å². The molecule has 1 aromatic carbocycles. The first-order valence-electron chi connectivity index (χ1n) is 7.66. The maximum absolute atomic E-state index is 6.35. The number of piperidine rings is 1. The summed E-state index contributed by atoms with van der Waals surface area (Å²) in [5.74, 6) is 0.833. The Balaban J connectivity index is 0.000000704. The van der Waals surface area contributed by atoms with Crippen LogP contribution in [-0.4, -0.2) is 18.0 Å². The summed E-state index contributed by atoms with van der Waals surface area (Å²) < 4.78 is 3.29. The van der Waals surface area contributed by atoms with Crippen LogP contribution in [0.5, 0.6) is 0 Å². The largest absolute Gasteiger partial charge is 0.299 e. The molecule has 0 saturated carbocycles. The van der Waals surface area contributed by atoms with Crippen molar-refractivity contribution in [2.75, 3.05) is 13.1 Å². The monoisotopic (exact) mass is 312 g/mol. The van der Waals surface area contributed by atoms with Crippen LogP contribution in [0.15, 0.2) is 17.0 Å². The van der Waals surface area contributed by atoms with Gasteiger partial charge in [-0.2, -0.15) is 0 Å². The summed E-state index contributed by atoms with van der Waals surface area (Å²) in [5, 5.41) is 0.921. The highest BCUT2D eigenvalue weighted by Gasteiger charge is 2.19. The van der Waals surface area contributed by atoms with Gasteiger partial charge in [-0.1, -0.05) is 32.4 Å². The van der Waals surface area contributed by atoms with E-state index in [-0.39, 0.29) is 0 Å². The molecule has 0 amide bonds. The predicted molar refractivity (Wildman–Crippen MR) is 89.2 cm³/mol. The third-order valence-electron chi connectivity index (χ3n) is 3.79. The van der Waals surface area contributed by atoms with Gasteiger partial charge in [-0.25, -0.2) is 0 Å². The van der Waals surface area contributed by atoms with Gasteiger partial charge in [0.2, 0.25) is 0 Å². The smallest absolute Gasteiger partial charge is 0.0466 e. The predicted octanol–water partition coefficient (Wildman–Crippen LogP) is 4.71. The molecule has 4 heteroatoms. The minimum Gasteiger partial charge on any atom is -0.299 e. The van der Waals surface area contributed by atoms with Gasteiger partial charge in [-0.3, -0.25) is 9.62 Å². The van der Waals surface area contributed by atoms with Crippen LogP contribution < -0.4 is 4.72 Å². The molecule has 20 heavy (non-hydrogen) atoms. The van der Waals surface area contributed by atoms with Crippen LogP contribution in [0, 0.1) is 5.92 Å². The fourth-order valence-corrected chi connectivity index (χ4v) is 4.15. The zero-order valence-electron chi connectivity index (χ0n) is 12.7. The van der Waals surface area contributed by atoms with Gasteiger partial charge in [0.1, 0.15) is 0 Å². The van der Waals surface area contributed by atoms with Gasteiger partial charge >= 0.3 is 0 Å². The minimum atomic E-state index is 0.833. The second-order valence-electron chi connectivity index (χ2n) is 5.46. The Labute approximate surface area is 132 Å². The summed E-state index contributed by atoms with van der Waals surface area (Å²) in [4.78, 5) is 3.86. The van der Waals surface area contributed by atoms with E-state index < -0.39 is 0 Å². The molecule has 1 saturated heterocycles. The molecule has 1 fully saturated rings. The molecule has 1 N–H and O–H groups in total.